The van der Waals surface area contributed by atoms with E-state index in [1.165, 1.54) is 15.5 Å². The van der Waals surface area contributed by atoms with E-state index in [1.807, 2.05) is 66.7 Å². The van der Waals surface area contributed by atoms with E-state index in [-0.39, 0.29) is 0 Å². The maximum absolute atomic E-state index is 6.59. The number of aromatic nitrogens is 3. The van der Waals surface area contributed by atoms with Crippen LogP contribution in [-0.2, 0) is 0 Å². The molecule has 0 saturated carbocycles. The number of thiophene rings is 1. The standard InChI is InChI=1S/C57H31N3O3S/c1-2-11-32(12-3-1)55-58-56(60-57(59-55)42-18-8-16-40-39-14-5-7-22-51(39)64-54(40)42)41-17-10-21-49-53(41)44-30-35(25-28-47(44)62-49)36-15-9-20-48-52(36)43-29-33(24-27-46(43)61-48)34-23-26-38-37-13-4-6-19-45(37)63-50(38)31-34/h1-31H. The van der Waals surface area contributed by atoms with Crippen LogP contribution in [-0.4, -0.2) is 15.0 Å². The van der Waals surface area contributed by atoms with Crippen molar-refractivity contribution < 1.29 is 13.3 Å². The first-order valence-corrected chi connectivity index (χ1v) is 22.1. The van der Waals surface area contributed by atoms with Gasteiger partial charge in [0.25, 0.3) is 0 Å². The van der Waals surface area contributed by atoms with Crippen LogP contribution < -0.4 is 0 Å². The Morgan fingerprint density at radius 2 is 0.828 bits per heavy atom. The summed E-state index contributed by atoms with van der Waals surface area (Å²) >= 11 is 1.77. The Hall–Kier alpha value is -8.39. The predicted molar refractivity (Wildman–Crippen MR) is 262 cm³/mol. The summed E-state index contributed by atoms with van der Waals surface area (Å²) < 4.78 is 21.8. The maximum atomic E-state index is 6.59. The van der Waals surface area contributed by atoms with E-state index < -0.39 is 0 Å². The highest BCUT2D eigenvalue weighted by Gasteiger charge is 2.21. The monoisotopic (exact) mass is 837 g/mol. The Kier molecular flexibility index (Phi) is 7.46. The first-order valence-electron chi connectivity index (χ1n) is 21.2. The van der Waals surface area contributed by atoms with Gasteiger partial charge >= 0.3 is 0 Å². The molecule has 0 aliphatic rings. The molecule has 7 heteroatoms. The predicted octanol–water partition coefficient (Wildman–Crippen LogP) is 16.3. The molecule has 0 amide bonds. The van der Waals surface area contributed by atoms with Crippen LogP contribution in [0.3, 0.4) is 0 Å². The molecule has 64 heavy (non-hydrogen) atoms. The molecule has 0 saturated heterocycles. The summed E-state index contributed by atoms with van der Waals surface area (Å²) in [6, 6.07) is 65.0. The summed E-state index contributed by atoms with van der Waals surface area (Å²) in [5, 5.41) is 8.68. The molecule has 0 unspecified atom stereocenters. The van der Waals surface area contributed by atoms with E-state index >= 15 is 0 Å². The SMILES string of the molecule is c1ccc(-c2nc(-c3cccc4c3sc3ccccc34)nc(-c3cccc4oc5ccc(-c6cccc7oc8ccc(-c9ccc%10c(c9)oc9ccccc9%10)cc8c67)cc5c34)n2)cc1. The first kappa shape index (κ1) is 35.2. The molecule has 9 aromatic carbocycles. The second-order valence-corrected chi connectivity index (χ2v) is 17.3. The summed E-state index contributed by atoms with van der Waals surface area (Å²) in [4.78, 5) is 15.6. The Labute approximate surface area is 368 Å². The molecule has 0 spiro atoms. The quantitative estimate of drug-likeness (QED) is 0.172. The van der Waals surface area contributed by atoms with Gasteiger partial charge in [0, 0.05) is 69.2 Å². The molecule has 5 heterocycles. The third-order valence-electron chi connectivity index (χ3n) is 12.6. The van der Waals surface area contributed by atoms with Crippen molar-refractivity contribution in [1.82, 2.24) is 15.0 Å². The number of furan rings is 3. The number of para-hydroxylation sites is 1. The molecule has 14 aromatic rings. The topological polar surface area (TPSA) is 78.1 Å². The van der Waals surface area contributed by atoms with Gasteiger partial charge in [0.2, 0.25) is 0 Å². The third-order valence-corrected chi connectivity index (χ3v) is 13.8. The first-order chi connectivity index (χ1) is 31.7. The molecule has 298 valence electrons. The Morgan fingerprint density at radius 1 is 0.297 bits per heavy atom. The number of nitrogens with zero attached hydrogens (tertiary/aromatic N) is 3. The van der Waals surface area contributed by atoms with E-state index in [0.29, 0.717) is 17.5 Å². The molecule has 0 aliphatic heterocycles. The molecule has 6 nitrogen and oxygen atoms in total. The van der Waals surface area contributed by atoms with Gasteiger partial charge in [-0.2, -0.15) is 0 Å². The summed E-state index contributed by atoms with van der Waals surface area (Å²) in [5.74, 6) is 1.82. The summed E-state index contributed by atoms with van der Waals surface area (Å²) in [5.41, 5.74) is 12.0. The number of fused-ring (bicyclic) bond motifs is 12. The van der Waals surface area contributed by atoms with Crippen LogP contribution in [0.4, 0.5) is 0 Å². The van der Waals surface area contributed by atoms with Crippen molar-refractivity contribution in [3.63, 3.8) is 0 Å². The highest BCUT2D eigenvalue weighted by Crippen LogP contribution is 2.44. The Bertz CT molecular complexity index is 4210. The van der Waals surface area contributed by atoms with Crippen LogP contribution in [0.15, 0.2) is 201 Å². The van der Waals surface area contributed by atoms with Crippen molar-refractivity contribution in [3.8, 4) is 56.4 Å². The van der Waals surface area contributed by atoms with Crippen molar-refractivity contribution >= 4 is 97.3 Å². The largest absolute Gasteiger partial charge is 0.456 e. The highest BCUT2D eigenvalue weighted by molar-refractivity contribution is 7.26. The fraction of sp³-hybridized carbons (Fsp3) is 0. The van der Waals surface area contributed by atoms with Crippen LogP contribution in [0.25, 0.3) is 142 Å². The lowest BCUT2D eigenvalue weighted by atomic mass is 9.95. The zero-order chi connectivity index (χ0) is 41.9. The summed E-state index contributed by atoms with van der Waals surface area (Å²) in [6.45, 7) is 0. The number of rotatable bonds is 5. The molecule has 0 fully saturated rings. The smallest absolute Gasteiger partial charge is 0.165 e. The van der Waals surface area contributed by atoms with Crippen molar-refractivity contribution in [2.24, 2.45) is 0 Å². The van der Waals surface area contributed by atoms with Gasteiger partial charge in [-0.05, 0) is 89.0 Å². The number of hydrogen-bond donors (Lipinski definition) is 0. The number of benzene rings is 9. The van der Waals surface area contributed by atoms with E-state index in [4.69, 9.17) is 28.2 Å². The van der Waals surface area contributed by atoms with Gasteiger partial charge in [-0.3, -0.25) is 0 Å². The van der Waals surface area contributed by atoms with Crippen molar-refractivity contribution in [2.45, 2.75) is 0 Å². The maximum Gasteiger partial charge on any atom is 0.165 e. The molecule has 0 aliphatic carbocycles. The van der Waals surface area contributed by atoms with Gasteiger partial charge in [-0.1, -0.05) is 121 Å². The highest BCUT2D eigenvalue weighted by atomic mass is 32.1. The Balaban J connectivity index is 0.941. The average Bonchev–Trinajstić information content (AvgIpc) is 4.13. The molecular formula is C57H31N3O3S. The van der Waals surface area contributed by atoms with Gasteiger partial charge in [0.1, 0.15) is 33.5 Å². The minimum Gasteiger partial charge on any atom is -0.456 e. The lowest BCUT2D eigenvalue weighted by Crippen LogP contribution is -2.00. The van der Waals surface area contributed by atoms with Crippen LogP contribution in [0.5, 0.6) is 0 Å². The van der Waals surface area contributed by atoms with Crippen molar-refractivity contribution in [1.29, 1.82) is 0 Å². The van der Waals surface area contributed by atoms with Gasteiger partial charge in [-0.25, -0.2) is 15.0 Å². The zero-order valence-corrected chi connectivity index (χ0v) is 34.7. The van der Waals surface area contributed by atoms with E-state index in [0.717, 1.165) is 109 Å². The van der Waals surface area contributed by atoms with Crippen molar-refractivity contribution in [3.05, 3.63) is 188 Å². The summed E-state index contributed by atoms with van der Waals surface area (Å²) in [7, 11) is 0. The molecule has 0 bridgehead atoms. The van der Waals surface area contributed by atoms with Gasteiger partial charge in [0.15, 0.2) is 17.5 Å². The lowest BCUT2D eigenvalue weighted by molar-refractivity contribution is 0.668. The zero-order valence-electron chi connectivity index (χ0n) is 33.9. The van der Waals surface area contributed by atoms with Crippen LogP contribution >= 0.6 is 11.3 Å². The third kappa shape index (κ3) is 5.35. The van der Waals surface area contributed by atoms with E-state index in [1.54, 1.807) is 11.3 Å². The molecule has 14 rings (SSSR count). The normalized spacial score (nSPS) is 12.1. The molecule has 0 N–H and O–H groups in total. The second kappa shape index (κ2) is 13.6. The second-order valence-electron chi connectivity index (χ2n) is 16.2. The van der Waals surface area contributed by atoms with E-state index in [2.05, 4.69) is 121 Å². The minimum atomic E-state index is 0.581. The van der Waals surface area contributed by atoms with E-state index in [9.17, 15) is 0 Å². The molecule has 5 aromatic heterocycles. The van der Waals surface area contributed by atoms with Gasteiger partial charge < -0.3 is 13.3 Å². The fourth-order valence-corrected chi connectivity index (χ4v) is 10.8. The molecular weight excluding hydrogens is 807 g/mol. The summed E-state index contributed by atoms with van der Waals surface area (Å²) in [6.07, 6.45) is 0. The van der Waals surface area contributed by atoms with Crippen molar-refractivity contribution in [2.75, 3.05) is 0 Å². The molecule has 0 atom stereocenters. The number of hydrogen-bond acceptors (Lipinski definition) is 7. The van der Waals surface area contributed by atoms with Crippen LogP contribution in [0, 0.1) is 0 Å². The average molecular weight is 838 g/mol. The van der Waals surface area contributed by atoms with Crippen LogP contribution in [0.1, 0.15) is 0 Å². The Morgan fingerprint density at radius 3 is 1.66 bits per heavy atom. The van der Waals surface area contributed by atoms with Gasteiger partial charge in [0.05, 0.1) is 0 Å². The fourth-order valence-electron chi connectivity index (χ4n) is 9.59. The van der Waals surface area contributed by atoms with Gasteiger partial charge in [-0.15, -0.1) is 11.3 Å². The van der Waals surface area contributed by atoms with Crippen LogP contribution in [0.2, 0.25) is 0 Å². The molecule has 0 radical (unpaired) electrons. The lowest BCUT2D eigenvalue weighted by Gasteiger charge is -2.10. The minimum absolute atomic E-state index is 0.581.